The van der Waals surface area contributed by atoms with E-state index in [1.807, 2.05) is 0 Å². The molecule has 0 aromatic rings. The second-order valence-corrected chi connectivity index (χ2v) is 6.40. The van der Waals surface area contributed by atoms with E-state index in [4.69, 9.17) is 4.55 Å². The number of hydrogen-bond donors (Lipinski definition) is 1. The molecule has 182 valence electrons. The molecule has 0 radical (unpaired) electrons. The molecule has 0 heterocycles. The zero-order valence-corrected chi connectivity index (χ0v) is 12.9. The Morgan fingerprint density at radius 3 is 0.833 bits per heavy atom. The third kappa shape index (κ3) is 3.70. The van der Waals surface area contributed by atoms with Crippen LogP contribution in [0.25, 0.3) is 0 Å². The number of alkyl halides is 17. The maximum atomic E-state index is 13.0. The Balaban J connectivity index is 0. The molecule has 22 heteroatoms. The summed E-state index contributed by atoms with van der Waals surface area (Å²) in [6.45, 7) is 0. The molecule has 0 atom stereocenters. The first-order chi connectivity index (χ1) is 12.0. The van der Waals surface area contributed by atoms with Gasteiger partial charge in [-0.3, -0.25) is 4.55 Å². The summed E-state index contributed by atoms with van der Waals surface area (Å²) in [6, 6.07) is 0. The van der Waals surface area contributed by atoms with Gasteiger partial charge in [0.05, 0.1) is 0 Å². The van der Waals surface area contributed by atoms with Gasteiger partial charge in [-0.05, 0) is 0 Å². The fourth-order valence-electron chi connectivity index (χ4n) is 1.31. The molecule has 0 aliphatic heterocycles. The van der Waals surface area contributed by atoms with Gasteiger partial charge in [0.25, 0.3) is 0 Å². The van der Waals surface area contributed by atoms with Gasteiger partial charge in [0.15, 0.2) is 17.4 Å². The van der Waals surface area contributed by atoms with E-state index >= 15 is 0 Å². The topological polar surface area (TPSA) is 54.4 Å². The van der Waals surface area contributed by atoms with Crippen LogP contribution in [-0.2, 0) is 10.1 Å². The lowest BCUT2D eigenvalue weighted by Crippen LogP contribution is -2.74. The van der Waals surface area contributed by atoms with Gasteiger partial charge in [0, 0.05) is 0 Å². The van der Waals surface area contributed by atoms with Gasteiger partial charge in [0.1, 0.15) is 0 Å². The first-order valence-electron chi connectivity index (χ1n) is 5.68. The summed E-state index contributed by atoms with van der Waals surface area (Å²) in [4.78, 5) is 0. The van der Waals surface area contributed by atoms with Gasteiger partial charge in [-0.1, -0.05) is 0 Å². The second kappa shape index (κ2) is 7.40. The highest BCUT2D eigenvalue weighted by molar-refractivity contribution is 7.87. The van der Waals surface area contributed by atoms with E-state index < -0.39 is 57.1 Å². The van der Waals surface area contributed by atoms with Crippen LogP contribution in [-0.4, -0.2) is 77.3 Å². The first kappa shape index (κ1) is 31.4. The van der Waals surface area contributed by atoms with Crippen LogP contribution in [0.15, 0.2) is 0 Å². The Labute approximate surface area is 163 Å². The molecular weight excluding hydrogens is 526 g/mol. The molecule has 0 aromatic carbocycles. The van der Waals surface area contributed by atoms with E-state index in [1.165, 1.54) is 0 Å². The van der Waals surface area contributed by atoms with Crippen molar-refractivity contribution in [2.75, 3.05) is 0 Å². The van der Waals surface area contributed by atoms with Crippen molar-refractivity contribution in [2.24, 2.45) is 0 Å². The molecule has 0 unspecified atom stereocenters. The van der Waals surface area contributed by atoms with Crippen molar-refractivity contribution < 1.29 is 87.6 Å². The van der Waals surface area contributed by atoms with Crippen molar-refractivity contribution >= 4 is 27.5 Å². The van der Waals surface area contributed by atoms with E-state index in [0.717, 1.165) is 0 Å². The summed E-state index contributed by atoms with van der Waals surface area (Å²) < 4.78 is 242. The molecule has 0 fully saturated rings. The standard InChI is InChI=1S/C8HF17O3S.Al.3H/c9-1(10,3(13,14)5(17,18)7(21,22)23)2(11,12)4(15,16)6(19,20)8(24,25)29(26,27)28;;;;/h(H,26,27,28);;;;. The molecule has 0 aliphatic rings. The van der Waals surface area contributed by atoms with Crippen LogP contribution >= 0.6 is 0 Å². The lowest BCUT2D eigenvalue weighted by Gasteiger charge is -2.42. The molecule has 0 rings (SSSR count). The van der Waals surface area contributed by atoms with Gasteiger partial charge < -0.3 is 0 Å². The Morgan fingerprint density at radius 2 is 0.633 bits per heavy atom. The van der Waals surface area contributed by atoms with E-state index in [1.54, 1.807) is 0 Å². The fraction of sp³-hybridized carbons (Fsp3) is 1.00. The summed E-state index contributed by atoms with van der Waals surface area (Å²) in [6.07, 6.45) is -7.88. The highest BCUT2D eigenvalue weighted by atomic mass is 32.2. The van der Waals surface area contributed by atoms with E-state index in [-0.39, 0.29) is 17.4 Å². The third-order valence-electron chi connectivity index (χ3n) is 3.02. The largest absolute Gasteiger partial charge is 0.460 e. The monoisotopic (exact) mass is 530 g/mol. The molecule has 0 amide bonds. The van der Waals surface area contributed by atoms with Crippen LogP contribution in [0.1, 0.15) is 0 Å². The minimum Gasteiger partial charge on any atom is -0.281 e. The van der Waals surface area contributed by atoms with E-state index in [0.29, 0.717) is 0 Å². The predicted molar refractivity (Wildman–Crippen MR) is 62.2 cm³/mol. The van der Waals surface area contributed by atoms with Crippen LogP contribution in [0.4, 0.5) is 74.6 Å². The maximum absolute atomic E-state index is 13.0. The highest BCUT2D eigenvalue weighted by Gasteiger charge is 2.96. The lowest BCUT2D eigenvalue weighted by molar-refractivity contribution is -0.458. The Hall–Kier alpha value is -0.748. The summed E-state index contributed by atoms with van der Waals surface area (Å²) >= 11 is 0. The van der Waals surface area contributed by atoms with E-state index in [9.17, 15) is 83.1 Å². The van der Waals surface area contributed by atoms with Crippen molar-refractivity contribution in [3.63, 3.8) is 0 Å². The van der Waals surface area contributed by atoms with Crippen molar-refractivity contribution in [2.45, 2.75) is 47.0 Å². The smallest absolute Gasteiger partial charge is 0.281 e. The molecule has 0 saturated carbocycles. The normalized spacial score (nSPS) is 16.3. The molecule has 0 aliphatic carbocycles. The van der Waals surface area contributed by atoms with Crippen molar-refractivity contribution in [1.82, 2.24) is 0 Å². The zero-order chi connectivity index (χ0) is 24.5. The van der Waals surface area contributed by atoms with Crippen molar-refractivity contribution in [1.29, 1.82) is 0 Å². The summed E-state index contributed by atoms with van der Waals surface area (Å²) in [7, 11) is -7.89. The Kier molecular flexibility index (Phi) is 7.75. The Bertz CT molecular complexity index is 739. The molecular formula is C8H4AlF17O3S. The van der Waals surface area contributed by atoms with Crippen LogP contribution in [0.3, 0.4) is 0 Å². The maximum Gasteiger partial charge on any atom is 0.460 e. The second-order valence-electron chi connectivity index (χ2n) is 4.94. The number of rotatable bonds is 7. The van der Waals surface area contributed by atoms with Gasteiger partial charge in [-0.25, -0.2) is 0 Å². The minimum absolute atomic E-state index is 0. The number of halogens is 17. The highest BCUT2D eigenvalue weighted by Crippen LogP contribution is 2.64. The summed E-state index contributed by atoms with van der Waals surface area (Å²) in [5.74, 6) is -52.0. The zero-order valence-electron chi connectivity index (χ0n) is 12.1. The molecule has 0 saturated heterocycles. The lowest BCUT2D eigenvalue weighted by atomic mass is 9.91. The molecule has 0 aromatic heterocycles. The fourth-order valence-corrected chi connectivity index (χ4v) is 1.76. The molecule has 0 bridgehead atoms. The van der Waals surface area contributed by atoms with Crippen LogP contribution < -0.4 is 0 Å². The molecule has 0 spiro atoms. The van der Waals surface area contributed by atoms with Gasteiger partial charge in [-0.2, -0.15) is 83.1 Å². The van der Waals surface area contributed by atoms with Crippen LogP contribution in [0, 0.1) is 0 Å². The number of hydrogen-bond acceptors (Lipinski definition) is 2. The van der Waals surface area contributed by atoms with Crippen LogP contribution in [0.5, 0.6) is 0 Å². The van der Waals surface area contributed by atoms with Crippen molar-refractivity contribution in [3.8, 4) is 0 Å². The van der Waals surface area contributed by atoms with Crippen LogP contribution in [0.2, 0.25) is 0 Å². The van der Waals surface area contributed by atoms with Gasteiger partial charge in [-0.15, -0.1) is 0 Å². The third-order valence-corrected chi connectivity index (χ3v) is 3.92. The van der Waals surface area contributed by atoms with E-state index in [2.05, 4.69) is 0 Å². The molecule has 1 N–H and O–H groups in total. The van der Waals surface area contributed by atoms with Gasteiger partial charge >= 0.3 is 57.1 Å². The average Bonchev–Trinajstić information content (AvgIpc) is 2.43. The quantitative estimate of drug-likeness (QED) is 0.311. The first-order valence-corrected chi connectivity index (χ1v) is 7.12. The average molecular weight is 530 g/mol. The van der Waals surface area contributed by atoms with Gasteiger partial charge in [0.2, 0.25) is 0 Å². The van der Waals surface area contributed by atoms with Crippen molar-refractivity contribution in [3.05, 3.63) is 0 Å². The predicted octanol–water partition coefficient (Wildman–Crippen LogP) is 3.66. The summed E-state index contributed by atoms with van der Waals surface area (Å²) in [5.41, 5.74) is 0. The SMILES string of the molecule is O=S(=O)(O)C(F)(F)C(F)(F)C(F)(F)C(F)(F)C(F)(F)C(F)(F)C(F)(F)C(F)(F)F.[AlH3]. The minimum atomic E-state index is -8.89. The molecule has 3 nitrogen and oxygen atoms in total. The molecule has 30 heavy (non-hydrogen) atoms. The Morgan fingerprint density at radius 1 is 0.433 bits per heavy atom. The summed E-state index contributed by atoms with van der Waals surface area (Å²) in [5, 5.41) is -7.84.